The standard InChI is InChI=1S/C9H16N2O4S/c1-10-9-11-5-7(14)6(13)4(2-3-12)15-8(5)16-9/h4-8,12-14H,2-3H2,1H3,(H,10,11)/t4-,5-,6-,7-,8-/m1/s1. The van der Waals surface area contributed by atoms with Crippen molar-refractivity contribution in [3.8, 4) is 0 Å². The van der Waals surface area contributed by atoms with E-state index in [9.17, 15) is 10.2 Å². The van der Waals surface area contributed by atoms with E-state index in [4.69, 9.17) is 9.84 Å². The number of nitrogens with one attached hydrogen (secondary N) is 1. The van der Waals surface area contributed by atoms with Gasteiger partial charge in [0, 0.05) is 13.7 Å². The van der Waals surface area contributed by atoms with Crippen molar-refractivity contribution in [3.05, 3.63) is 0 Å². The van der Waals surface area contributed by atoms with Gasteiger partial charge in [0.2, 0.25) is 0 Å². The van der Waals surface area contributed by atoms with Gasteiger partial charge in [-0.05, 0) is 6.42 Å². The summed E-state index contributed by atoms with van der Waals surface area (Å²) < 4.78 is 5.60. The molecule has 0 aromatic rings. The van der Waals surface area contributed by atoms with Gasteiger partial charge in [-0.2, -0.15) is 0 Å². The van der Waals surface area contributed by atoms with Crippen LogP contribution in [0.5, 0.6) is 0 Å². The number of aliphatic hydroxyl groups excluding tert-OH is 3. The van der Waals surface area contributed by atoms with Gasteiger partial charge < -0.3 is 25.4 Å². The second-order valence-corrected chi connectivity index (χ2v) is 4.92. The molecule has 0 aromatic carbocycles. The predicted octanol–water partition coefficient (Wildman–Crippen LogP) is -1.49. The predicted molar refractivity (Wildman–Crippen MR) is 60.3 cm³/mol. The molecule has 0 bridgehead atoms. The lowest BCUT2D eigenvalue weighted by Gasteiger charge is -2.38. The number of aliphatic imine (C=N–C) groups is 1. The molecule has 0 aliphatic carbocycles. The molecule has 0 saturated carbocycles. The number of hydrogen-bond acceptors (Lipinski definition) is 7. The summed E-state index contributed by atoms with van der Waals surface area (Å²) in [5.74, 6) is 0. The van der Waals surface area contributed by atoms with Crippen molar-refractivity contribution < 1.29 is 20.1 Å². The summed E-state index contributed by atoms with van der Waals surface area (Å²) in [6, 6.07) is -0.433. The minimum Gasteiger partial charge on any atom is -0.396 e. The van der Waals surface area contributed by atoms with Crippen molar-refractivity contribution in [3.63, 3.8) is 0 Å². The largest absolute Gasteiger partial charge is 0.396 e. The number of hydrogen-bond donors (Lipinski definition) is 4. The molecule has 2 heterocycles. The molecule has 1 saturated heterocycles. The third kappa shape index (κ3) is 2.05. The number of thioether (sulfide) groups is 1. The zero-order valence-corrected chi connectivity index (χ0v) is 9.72. The van der Waals surface area contributed by atoms with Crippen LogP contribution in [0.3, 0.4) is 0 Å². The van der Waals surface area contributed by atoms with E-state index >= 15 is 0 Å². The maximum absolute atomic E-state index is 9.90. The molecule has 0 aromatic heterocycles. The highest BCUT2D eigenvalue weighted by Crippen LogP contribution is 2.36. The molecule has 2 aliphatic rings. The van der Waals surface area contributed by atoms with Crippen molar-refractivity contribution in [1.82, 2.24) is 5.32 Å². The van der Waals surface area contributed by atoms with Gasteiger partial charge in [0.1, 0.15) is 23.7 Å². The third-order valence-electron chi connectivity index (χ3n) is 2.79. The van der Waals surface area contributed by atoms with Crippen molar-refractivity contribution in [1.29, 1.82) is 0 Å². The molecule has 2 aliphatic heterocycles. The smallest absolute Gasteiger partial charge is 0.159 e. The number of amidine groups is 1. The molecule has 0 amide bonds. The lowest BCUT2D eigenvalue weighted by molar-refractivity contribution is -0.156. The number of rotatable bonds is 2. The van der Waals surface area contributed by atoms with E-state index in [0.717, 1.165) is 0 Å². The van der Waals surface area contributed by atoms with Gasteiger partial charge in [-0.1, -0.05) is 11.8 Å². The first kappa shape index (κ1) is 12.1. The van der Waals surface area contributed by atoms with Crippen LogP contribution in [0.1, 0.15) is 6.42 Å². The molecule has 16 heavy (non-hydrogen) atoms. The molecule has 6 nitrogen and oxygen atoms in total. The van der Waals surface area contributed by atoms with Crippen LogP contribution in [-0.4, -0.2) is 63.9 Å². The summed E-state index contributed by atoms with van der Waals surface area (Å²) in [7, 11) is 1.75. The first-order valence-electron chi connectivity index (χ1n) is 5.22. The van der Waals surface area contributed by atoms with Gasteiger partial charge in [0.25, 0.3) is 0 Å². The average molecular weight is 248 g/mol. The van der Waals surface area contributed by atoms with Crippen LogP contribution in [0, 0.1) is 0 Å². The summed E-state index contributed by atoms with van der Waals surface area (Å²) in [4.78, 5) is 4.23. The average Bonchev–Trinajstić information content (AvgIpc) is 2.69. The second-order valence-electron chi connectivity index (χ2n) is 3.83. The van der Waals surface area contributed by atoms with Crippen LogP contribution in [0.2, 0.25) is 0 Å². The Labute approximate surface area is 97.7 Å². The van der Waals surface area contributed by atoms with E-state index in [1.165, 1.54) is 11.8 Å². The maximum Gasteiger partial charge on any atom is 0.159 e. The number of ether oxygens (including phenoxy) is 1. The van der Waals surface area contributed by atoms with Crippen molar-refractivity contribution in [2.75, 3.05) is 13.7 Å². The van der Waals surface area contributed by atoms with E-state index in [1.54, 1.807) is 7.05 Å². The normalized spacial score (nSPS) is 42.8. The lowest BCUT2D eigenvalue weighted by Crippen LogP contribution is -2.54. The van der Waals surface area contributed by atoms with Crippen molar-refractivity contribution in [2.24, 2.45) is 4.99 Å². The first-order valence-corrected chi connectivity index (χ1v) is 6.10. The van der Waals surface area contributed by atoms with Crippen LogP contribution < -0.4 is 5.32 Å². The maximum atomic E-state index is 9.90. The Kier molecular flexibility index (Phi) is 3.70. The Morgan fingerprint density at radius 1 is 1.44 bits per heavy atom. The van der Waals surface area contributed by atoms with Gasteiger partial charge in [-0.3, -0.25) is 4.99 Å². The zero-order valence-electron chi connectivity index (χ0n) is 8.91. The molecule has 2 rings (SSSR count). The highest BCUT2D eigenvalue weighted by atomic mass is 32.2. The number of nitrogens with zero attached hydrogens (tertiary/aromatic N) is 1. The molecule has 0 radical (unpaired) electrons. The minimum atomic E-state index is -0.992. The fourth-order valence-corrected chi connectivity index (χ4v) is 3.00. The summed E-state index contributed by atoms with van der Waals surface area (Å²) in [5, 5.41) is 32.1. The van der Waals surface area contributed by atoms with Gasteiger partial charge in [-0.25, -0.2) is 0 Å². The zero-order chi connectivity index (χ0) is 11.7. The molecular weight excluding hydrogens is 232 g/mol. The van der Waals surface area contributed by atoms with Crippen LogP contribution in [0.4, 0.5) is 0 Å². The summed E-state index contributed by atoms with van der Waals surface area (Å²) in [5.41, 5.74) is -0.280. The van der Waals surface area contributed by atoms with E-state index in [0.29, 0.717) is 11.6 Å². The molecule has 7 heteroatoms. The van der Waals surface area contributed by atoms with Gasteiger partial charge in [0.05, 0.1) is 6.10 Å². The van der Waals surface area contributed by atoms with Crippen molar-refractivity contribution in [2.45, 2.75) is 36.2 Å². The molecule has 0 unspecified atom stereocenters. The fraction of sp³-hybridized carbons (Fsp3) is 0.889. The van der Waals surface area contributed by atoms with E-state index in [2.05, 4.69) is 10.3 Å². The Hall–Kier alpha value is -0.340. The molecular formula is C9H16N2O4S. The Morgan fingerprint density at radius 2 is 2.19 bits per heavy atom. The molecule has 5 atom stereocenters. The number of fused-ring (bicyclic) bond motifs is 1. The summed E-state index contributed by atoms with van der Waals surface area (Å²) >= 11 is 1.39. The van der Waals surface area contributed by atoms with Gasteiger partial charge in [-0.15, -0.1) is 0 Å². The highest BCUT2D eigenvalue weighted by molar-refractivity contribution is 8.14. The van der Waals surface area contributed by atoms with Crippen LogP contribution in [-0.2, 0) is 4.74 Å². The Morgan fingerprint density at radius 3 is 2.81 bits per heavy atom. The van der Waals surface area contributed by atoms with Crippen molar-refractivity contribution >= 4 is 16.9 Å². The molecule has 92 valence electrons. The second kappa shape index (κ2) is 4.89. The van der Waals surface area contributed by atoms with Crippen LogP contribution in [0.15, 0.2) is 4.99 Å². The quantitative estimate of drug-likeness (QED) is 0.475. The SMILES string of the molecule is CNC1=N[C@@H]2[C@@H](O)[C@H](O)[C@@H](CCO)O[C@@H]2S1. The minimum absolute atomic E-state index is 0.0732. The number of aliphatic hydroxyl groups is 3. The van der Waals surface area contributed by atoms with Crippen LogP contribution in [0.25, 0.3) is 0 Å². The monoisotopic (exact) mass is 248 g/mol. The molecule has 0 spiro atoms. The summed E-state index contributed by atoms with van der Waals surface area (Å²) in [6.07, 6.45) is -2.14. The third-order valence-corrected chi connectivity index (χ3v) is 3.95. The van der Waals surface area contributed by atoms with Crippen LogP contribution >= 0.6 is 11.8 Å². The van der Waals surface area contributed by atoms with E-state index in [1.807, 2.05) is 0 Å². The highest BCUT2D eigenvalue weighted by Gasteiger charge is 2.47. The van der Waals surface area contributed by atoms with Gasteiger partial charge in [0.15, 0.2) is 5.17 Å². The first-order chi connectivity index (χ1) is 7.67. The van der Waals surface area contributed by atoms with E-state index < -0.39 is 24.4 Å². The topological polar surface area (TPSA) is 94.3 Å². The van der Waals surface area contributed by atoms with Gasteiger partial charge >= 0.3 is 0 Å². The summed E-state index contributed by atoms with van der Waals surface area (Å²) in [6.45, 7) is -0.0732. The Balaban J connectivity index is 2.08. The van der Waals surface area contributed by atoms with E-state index in [-0.39, 0.29) is 12.0 Å². The molecule has 1 fully saturated rings. The lowest BCUT2D eigenvalue weighted by atomic mass is 9.96. The Bertz CT molecular complexity index is 289. The fourth-order valence-electron chi connectivity index (χ4n) is 1.92. The molecule has 4 N–H and O–H groups in total.